The Hall–Kier alpha value is -3.16. The van der Waals surface area contributed by atoms with Crippen LogP contribution < -0.4 is 5.32 Å². The molecular weight excluding hydrogens is 470 g/mol. The third kappa shape index (κ3) is 5.16. The summed E-state index contributed by atoms with van der Waals surface area (Å²) < 4.78 is 0.914. The molecule has 3 amide bonds. The maximum absolute atomic E-state index is 13.4. The van der Waals surface area contributed by atoms with E-state index >= 15 is 0 Å². The summed E-state index contributed by atoms with van der Waals surface area (Å²) in [6.45, 7) is 8.17. The predicted molar refractivity (Wildman–Crippen MR) is 131 cm³/mol. The van der Waals surface area contributed by atoms with Gasteiger partial charge in [0.05, 0.1) is 23.0 Å². The minimum Gasteiger partial charge on any atom is -0.334 e. The number of piperazine rings is 1. The molecule has 1 saturated heterocycles. The number of amides is 3. The van der Waals surface area contributed by atoms with Crippen LogP contribution in [0.4, 0.5) is 5.13 Å². The lowest BCUT2D eigenvalue weighted by atomic mass is 10.0. The predicted octanol–water partition coefficient (Wildman–Crippen LogP) is 3.62. The molecule has 176 valence electrons. The van der Waals surface area contributed by atoms with Crippen molar-refractivity contribution >= 4 is 46.0 Å². The minimum absolute atomic E-state index is 0.0239. The van der Waals surface area contributed by atoms with Crippen LogP contribution in [0.5, 0.6) is 0 Å². The van der Waals surface area contributed by atoms with Crippen molar-refractivity contribution in [2.24, 2.45) is 5.92 Å². The monoisotopic (exact) mass is 495 g/mol. The lowest BCUT2D eigenvalue weighted by molar-refractivity contribution is -0.129. The molecule has 1 saturated carbocycles. The molecule has 1 N–H and O–H groups in total. The maximum Gasteiger partial charge on any atom is 0.254 e. The molecule has 0 radical (unpaired) electrons. The lowest BCUT2D eigenvalue weighted by Gasteiger charge is -2.38. The topological polar surface area (TPSA) is 106 Å². The summed E-state index contributed by atoms with van der Waals surface area (Å²) in [5, 5.41) is 13.0. The van der Waals surface area contributed by atoms with Crippen molar-refractivity contribution in [1.82, 2.24) is 14.8 Å². The Morgan fingerprint density at radius 2 is 2.03 bits per heavy atom. The number of thiazole rings is 1. The average molecular weight is 496 g/mol. The van der Waals surface area contributed by atoms with E-state index < -0.39 is 6.04 Å². The van der Waals surface area contributed by atoms with Crippen molar-refractivity contribution in [2.45, 2.75) is 41.8 Å². The Morgan fingerprint density at radius 3 is 2.71 bits per heavy atom. The molecule has 1 aromatic carbocycles. The fourth-order valence-corrected chi connectivity index (χ4v) is 5.77. The molecule has 10 heteroatoms. The first-order chi connectivity index (χ1) is 16.3. The van der Waals surface area contributed by atoms with E-state index in [2.05, 4.69) is 22.9 Å². The Bertz CT molecular complexity index is 1200. The molecule has 1 atom stereocenters. The van der Waals surface area contributed by atoms with Gasteiger partial charge in [-0.05, 0) is 50.0 Å². The summed E-state index contributed by atoms with van der Waals surface area (Å²) in [6.07, 6.45) is 4.80. The maximum atomic E-state index is 13.4. The summed E-state index contributed by atoms with van der Waals surface area (Å²) in [7, 11) is 0. The van der Waals surface area contributed by atoms with Crippen LogP contribution in [0.1, 0.15) is 34.3 Å². The zero-order chi connectivity index (χ0) is 24.4. The van der Waals surface area contributed by atoms with Gasteiger partial charge in [-0.2, -0.15) is 5.26 Å². The van der Waals surface area contributed by atoms with Crippen molar-refractivity contribution < 1.29 is 14.4 Å². The van der Waals surface area contributed by atoms with Gasteiger partial charge in [0.25, 0.3) is 5.91 Å². The van der Waals surface area contributed by atoms with E-state index in [1.807, 2.05) is 26.0 Å². The number of aryl methyl sites for hydroxylation is 2. The van der Waals surface area contributed by atoms with Crippen LogP contribution in [0.15, 0.2) is 40.1 Å². The van der Waals surface area contributed by atoms with Crippen molar-refractivity contribution in [3.8, 4) is 6.07 Å². The highest BCUT2D eigenvalue weighted by Crippen LogP contribution is 2.38. The van der Waals surface area contributed by atoms with E-state index in [0.717, 1.165) is 33.1 Å². The number of benzene rings is 1. The molecule has 1 aliphatic carbocycles. The van der Waals surface area contributed by atoms with Crippen molar-refractivity contribution in [3.63, 3.8) is 0 Å². The van der Waals surface area contributed by atoms with E-state index in [9.17, 15) is 19.6 Å². The number of nitriles is 1. The lowest BCUT2D eigenvalue weighted by Crippen LogP contribution is -2.55. The van der Waals surface area contributed by atoms with Gasteiger partial charge in [0, 0.05) is 29.5 Å². The molecule has 34 heavy (non-hydrogen) atoms. The average Bonchev–Trinajstić information content (AvgIpc) is 3.60. The zero-order valence-electron chi connectivity index (χ0n) is 19.0. The highest BCUT2D eigenvalue weighted by molar-refractivity contribution is 8.01. The van der Waals surface area contributed by atoms with Crippen LogP contribution in [0.25, 0.3) is 0 Å². The van der Waals surface area contributed by atoms with Gasteiger partial charge in [-0.15, -0.1) is 0 Å². The summed E-state index contributed by atoms with van der Waals surface area (Å²) in [4.78, 5) is 45.7. The van der Waals surface area contributed by atoms with Gasteiger partial charge in [-0.1, -0.05) is 35.7 Å². The fraction of sp³-hybridized carbons (Fsp3) is 0.375. The second kappa shape index (κ2) is 9.99. The first kappa shape index (κ1) is 24.0. The molecule has 0 bridgehead atoms. The number of hydrogen-bond donors (Lipinski definition) is 1. The molecule has 4 rings (SSSR count). The summed E-state index contributed by atoms with van der Waals surface area (Å²) in [5.74, 6) is -0.325. The molecule has 8 nitrogen and oxygen atoms in total. The second-order valence-electron chi connectivity index (χ2n) is 8.41. The molecule has 2 aromatic rings. The molecule has 2 heterocycles. The SMILES string of the molecule is C=CC(=O)N1CCN(C(=O)c2cc(Sc3cnc(NC(=O)C4CC4)s3)c(C)cc2C)CC1C#N. The van der Waals surface area contributed by atoms with E-state index in [1.54, 1.807) is 11.1 Å². The highest BCUT2D eigenvalue weighted by Gasteiger charge is 2.33. The van der Waals surface area contributed by atoms with Gasteiger partial charge in [0.2, 0.25) is 11.8 Å². The second-order valence-corrected chi connectivity index (χ2v) is 10.8. The van der Waals surface area contributed by atoms with Crippen molar-refractivity contribution in [3.05, 3.63) is 47.7 Å². The number of hydrogen-bond acceptors (Lipinski definition) is 7. The number of rotatable bonds is 6. The molecule has 1 aromatic heterocycles. The summed E-state index contributed by atoms with van der Waals surface area (Å²) in [6, 6.07) is 5.27. The van der Waals surface area contributed by atoms with Crippen molar-refractivity contribution in [2.75, 3.05) is 25.0 Å². The van der Waals surface area contributed by atoms with E-state index in [0.29, 0.717) is 17.2 Å². The van der Waals surface area contributed by atoms with Gasteiger partial charge in [-0.3, -0.25) is 14.4 Å². The van der Waals surface area contributed by atoms with E-state index in [4.69, 9.17) is 0 Å². The molecular formula is C24H25N5O3S2. The number of carbonyl (C=O) groups excluding carboxylic acids is 3. The van der Waals surface area contributed by atoms with Gasteiger partial charge in [-0.25, -0.2) is 4.98 Å². The van der Waals surface area contributed by atoms with Crippen LogP contribution in [0, 0.1) is 31.1 Å². The van der Waals surface area contributed by atoms with Crippen LogP contribution in [-0.4, -0.2) is 58.2 Å². The Labute approximate surface area is 206 Å². The first-order valence-electron chi connectivity index (χ1n) is 11.0. The van der Waals surface area contributed by atoms with Crippen LogP contribution >= 0.6 is 23.1 Å². The standard InChI is InChI=1S/C24H25N5O3S2/c1-4-20(30)29-8-7-28(13-17(29)11-25)23(32)18-10-19(15(3)9-14(18)2)33-21-12-26-24(34-21)27-22(31)16-5-6-16/h4,9-10,12,16-17H,1,5-8,13H2,2-3H3,(H,26,27,31). The number of carbonyl (C=O) groups is 3. The quantitative estimate of drug-likeness (QED) is 0.614. The largest absolute Gasteiger partial charge is 0.334 e. The third-order valence-electron chi connectivity index (χ3n) is 5.90. The van der Waals surface area contributed by atoms with Gasteiger partial charge < -0.3 is 15.1 Å². The molecule has 1 unspecified atom stereocenters. The zero-order valence-corrected chi connectivity index (χ0v) is 20.7. The number of aromatic nitrogens is 1. The van der Waals surface area contributed by atoms with E-state index in [1.165, 1.54) is 34.1 Å². The molecule has 1 aliphatic heterocycles. The van der Waals surface area contributed by atoms with Crippen LogP contribution in [0.2, 0.25) is 0 Å². The number of nitrogens with zero attached hydrogens (tertiary/aromatic N) is 4. The van der Waals surface area contributed by atoms with Gasteiger partial charge >= 0.3 is 0 Å². The van der Waals surface area contributed by atoms with Crippen molar-refractivity contribution in [1.29, 1.82) is 5.26 Å². The smallest absolute Gasteiger partial charge is 0.254 e. The van der Waals surface area contributed by atoms with E-state index in [-0.39, 0.29) is 36.7 Å². The summed E-state index contributed by atoms with van der Waals surface area (Å²) in [5.41, 5.74) is 2.46. The van der Waals surface area contributed by atoms with Crippen LogP contribution in [-0.2, 0) is 9.59 Å². The molecule has 2 aliphatic rings. The Morgan fingerprint density at radius 1 is 1.26 bits per heavy atom. The normalized spacial score (nSPS) is 17.7. The molecule has 0 spiro atoms. The third-order valence-corrected chi connectivity index (χ3v) is 8.07. The molecule has 2 fully saturated rings. The number of nitrogens with one attached hydrogen (secondary N) is 1. The highest BCUT2D eigenvalue weighted by atomic mass is 32.2. The fourth-order valence-electron chi connectivity index (χ4n) is 3.83. The minimum atomic E-state index is -0.704. The Kier molecular flexibility index (Phi) is 7.05. The summed E-state index contributed by atoms with van der Waals surface area (Å²) >= 11 is 2.91. The Balaban J connectivity index is 1.49. The van der Waals surface area contributed by atoms with Crippen LogP contribution in [0.3, 0.4) is 0 Å². The van der Waals surface area contributed by atoms with Gasteiger partial charge in [0.1, 0.15) is 6.04 Å². The first-order valence-corrected chi connectivity index (χ1v) is 12.6. The number of anilines is 1. The van der Waals surface area contributed by atoms with Gasteiger partial charge in [0.15, 0.2) is 5.13 Å².